The Morgan fingerprint density at radius 3 is 2.14 bits per heavy atom. The normalized spacial score (nSPS) is 18.5. The molecule has 1 N–H and O–H groups in total. The van der Waals surface area contributed by atoms with E-state index in [-0.39, 0.29) is 32.4 Å². The summed E-state index contributed by atoms with van der Waals surface area (Å²) in [5, 5.41) is 3.34. The Morgan fingerprint density at radius 2 is 1.47 bits per heavy atom. The third-order valence-electron chi connectivity index (χ3n) is 7.78. The molecule has 0 amide bonds. The van der Waals surface area contributed by atoms with Crippen LogP contribution in [0.3, 0.4) is 0 Å². The number of carbonyl (C=O) groups excluding carboxylic acids is 1. The van der Waals surface area contributed by atoms with Crippen molar-refractivity contribution < 1.29 is 37.1 Å². The second kappa shape index (κ2) is 10.9. The van der Waals surface area contributed by atoms with E-state index in [9.17, 15) is 9.36 Å². The molecule has 9 nitrogen and oxygen atoms in total. The maximum absolute atomic E-state index is 14.1. The lowest BCUT2D eigenvalue weighted by molar-refractivity contribution is -0.136. The van der Waals surface area contributed by atoms with Crippen molar-refractivity contribution in [3.05, 3.63) is 131 Å². The number of fused-ring (bicyclic) bond motifs is 2. The molecular formula is C33H28NO8P. The first-order chi connectivity index (χ1) is 20.9. The molecule has 43 heavy (non-hydrogen) atoms. The van der Waals surface area contributed by atoms with Gasteiger partial charge in [-0.25, -0.2) is 9.36 Å². The Kier molecular flexibility index (Phi) is 6.94. The first-order valence-corrected chi connectivity index (χ1v) is 15.3. The highest BCUT2D eigenvalue weighted by Crippen LogP contribution is 2.54. The van der Waals surface area contributed by atoms with E-state index in [1.807, 2.05) is 85.8 Å². The predicted octanol–water partition coefficient (Wildman–Crippen LogP) is 6.88. The number of hydrogen-bond donors (Lipinski definition) is 1. The Morgan fingerprint density at radius 1 is 0.814 bits per heavy atom. The summed E-state index contributed by atoms with van der Waals surface area (Å²) in [7, 11) is -4.12. The van der Waals surface area contributed by atoms with Gasteiger partial charge in [0.15, 0.2) is 11.5 Å². The highest BCUT2D eigenvalue weighted by molar-refractivity contribution is 7.48. The third kappa shape index (κ3) is 5.16. The molecule has 0 fully saturated rings. The average Bonchev–Trinajstić information content (AvgIpc) is 3.65. The molecule has 3 heterocycles. The molecule has 4 aromatic carbocycles. The molecule has 1 atom stereocenters. The molecule has 1 unspecified atom stereocenters. The minimum Gasteiger partial charge on any atom is -0.456 e. The Hall–Kier alpha value is -4.56. The van der Waals surface area contributed by atoms with Gasteiger partial charge in [-0.15, -0.1) is 0 Å². The van der Waals surface area contributed by atoms with Crippen molar-refractivity contribution >= 4 is 19.5 Å². The van der Waals surface area contributed by atoms with Crippen LogP contribution in [0, 0.1) is 0 Å². The number of esters is 1. The van der Waals surface area contributed by atoms with E-state index in [2.05, 4.69) is 5.32 Å². The van der Waals surface area contributed by atoms with Crippen LogP contribution in [-0.4, -0.2) is 19.4 Å². The van der Waals surface area contributed by atoms with Crippen LogP contribution in [0.4, 0.5) is 5.69 Å². The second-order valence-electron chi connectivity index (χ2n) is 10.5. The van der Waals surface area contributed by atoms with E-state index in [0.717, 1.165) is 27.9 Å². The quantitative estimate of drug-likeness (QED) is 0.163. The van der Waals surface area contributed by atoms with Gasteiger partial charge in [-0.1, -0.05) is 72.8 Å². The number of carbonyl (C=O) groups is 1. The molecule has 218 valence electrons. The van der Waals surface area contributed by atoms with Crippen LogP contribution in [0.2, 0.25) is 0 Å². The molecule has 0 spiro atoms. The monoisotopic (exact) mass is 597 g/mol. The standard InChI is InChI=1S/C33H28NO8P/c1-33(26-16-29-30(39-21-38-29)17-27(26)34-28-20-37-32(35)31(28)33)24-13-8-14-25(15-24)42-43(36,40-18-22-9-4-2-5-10-22)41-19-23-11-6-3-7-12-23/h2-17,34H,18-21H2,1H3. The zero-order chi connectivity index (χ0) is 29.4. The van der Waals surface area contributed by atoms with Gasteiger partial charge >= 0.3 is 13.8 Å². The number of ether oxygens (including phenoxy) is 3. The minimum absolute atomic E-state index is 0.0264. The topological polar surface area (TPSA) is 102 Å². The summed E-state index contributed by atoms with van der Waals surface area (Å²) in [5.74, 6) is 1.05. The molecule has 7 rings (SSSR count). The zero-order valence-electron chi connectivity index (χ0n) is 23.3. The molecule has 0 saturated carbocycles. The maximum Gasteiger partial charge on any atom is 0.530 e. The maximum atomic E-state index is 14.1. The second-order valence-corrected chi connectivity index (χ2v) is 12.1. The van der Waals surface area contributed by atoms with Crippen LogP contribution < -0.4 is 19.3 Å². The first kappa shape index (κ1) is 27.3. The smallest absolute Gasteiger partial charge is 0.456 e. The third-order valence-corrected chi connectivity index (χ3v) is 9.11. The van der Waals surface area contributed by atoms with Gasteiger partial charge < -0.3 is 24.1 Å². The fourth-order valence-electron chi connectivity index (χ4n) is 5.60. The van der Waals surface area contributed by atoms with E-state index < -0.39 is 19.2 Å². The van der Waals surface area contributed by atoms with Crippen molar-refractivity contribution in [3.63, 3.8) is 0 Å². The number of phosphoric acid groups is 1. The Balaban J connectivity index is 1.24. The van der Waals surface area contributed by atoms with Gasteiger partial charge in [0, 0.05) is 11.8 Å². The van der Waals surface area contributed by atoms with Crippen molar-refractivity contribution in [1.82, 2.24) is 0 Å². The fraction of sp³-hybridized carbons (Fsp3) is 0.182. The van der Waals surface area contributed by atoms with E-state index in [1.165, 1.54) is 0 Å². The SMILES string of the molecule is CC1(c2cccc(OP(=O)(OCc3ccccc3)OCc3ccccc3)c2)C2=C(COC2=O)Nc2cc3c(cc21)OCO3. The van der Waals surface area contributed by atoms with Gasteiger partial charge in [0.2, 0.25) is 6.79 Å². The molecule has 0 aromatic heterocycles. The highest BCUT2D eigenvalue weighted by Gasteiger charge is 2.48. The van der Waals surface area contributed by atoms with Crippen molar-refractivity contribution in [2.24, 2.45) is 0 Å². The molecule has 0 bridgehead atoms. The van der Waals surface area contributed by atoms with E-state index in [4.69, 9.17) is 27.8 Å². The summed E-state index contributed by atoms with van der Waals surface area (Å²) in [5.41, 5.74) is 4.14. The van der Waals surface area contributed by atoms with E-state index >= 15 is 0 Å². The predicted molar refractivity (Wildman–Crippen MR) is 158 cm³/mol. The minimum atomic E-state index is -4.12. The van der Waals surface area contributed by atoms with Crippen molar-refractivity contribution in [3.8, 4) is 17.2 Å². The number of phosphoric ester groups is 1. The summed E-state index contributed by atoms with van der Waals surface area (Å²) in [4.78, 5) is 13.1. The lowest BCUT2D eigenvalue weighted by Crippen LogP contribution is -2.34. The molecule has 4 aromatic rings. The Bertz CT molecular complexity index is 1730. The van der Waals surface area contributed by atoms with Crippen LogP contribution in [0.25, 0.3) is 0 Å². The van der Waals surface area contributed by atoms with Crippen LogP contribution >= 0.6 is 7.82 Å². The van der Waals surface area contributed by atoms with Gasteiger partial charge in [-0.05, 0) is 47.4 Å². The highest BCUT2D eigenvalue weighted by atomic mass is 31.2. The van der Waals surface area contributed by atoms with Crippen LogP contribution in [0.1, 0.15) is 29.2 Å². The van der Waals surface area contributed by atoms with Gasteiger partial charge in [0.25, 0.3) is 0 Å². The molecule has 3 aliphatic rings. The summed E-state index contributed by atoms with van der Waals surface area (Å²) in [6, 6.07) is 29.6. The number of anilines is 1. The molecule has 3 aliphatic heterocycles. The largest absolute Gasteiger partial charge is 0.530 e. The number of rotatable bonds is 9. The summed E-state index contributed by atoms with van der Waals surface area (Å²) < 4.78 is 48.5. The molecule has 0 aliphatic carbocycles. The number of benzene rings is 4. The van der Waals surface area contributed by atoms with Crippen LogP contribution in [0.5, 0.6) is 17.2 Å². The first-order valence-electron chi connectivity index (χ1n) is 13.8. The van der Waals surface area contributed by atoms with Crippen molar-refractivity contribution in [2.45, 2.75) is 25.6 Å². The average molecular weight is 598 g/mol. The molecule has 0 radical (unpaired) electrons. The lowest BCUT2D eigenvalue weighted by atomic mass is 9.68. The number of hydrogen-bond acceptors (Lipinski definition) is 9. The van der Waals surface area contributed by atoms with E-state index in [0.29, 0.717) is 22.8 Å². The zero-order valence-corrected chi connectivity index (χ0v) is 24.2. The summed E-state index contributed by atoms with van der Waals surface area (Å²) in [6.45, 7) is 2.25. The van der Waals surface area contributed by atoms with Crippen molar-refractivity contribution in [1.29, 1.82) is 0 Å². The number of nitrogens with one attached hydrogen (secondary N) is 1. The number of cyclic esters (lactones) is 1. The van der Waals surface area contributed by atoms with Crippen LogP contribution in [0.15, 0.2) is 108 Å². The Labute approximate surface area is 248 Å². The van der Waals surface area contributed by atoms with Crippen LogP contribution in [-0.2, 0) is 41.8 Å². The summed E-state index contributed by atoms with van der Waals surface area (Å²) >= 11 is 0. The molecular weight excluding hydrogens is 569 g/mol. The van der Waals surface area contributed by atoms with Crippen molar-refractivity contribution in [2.75, 3.05) is 18.7 Å². The van der Waals surface area contributed by atoms with Gasteiger partial charge in [-0.3, -0.25) is 9.05 Å². The molecule has 10 heteroatoms. The molecule has 0 saturated heterocycles. The summed E-state index contributed by atoms with van der Waals surface area (Å²) in [6.07, 6.45) is 0. The van der Waals surface area contributed by atoms with Gasteiger partial charge in [0.1, 0.15) is 12.4 Å². The lowest BCUT2D eigenvalue weighted by Gasteiger charge is -2.37. The van der Waals surface area contributed by atoms with Gasteiger partial charge in [-0.2, -0.15) is 0 Å². The fourth-order valence-corrected chi connectivity index (χ4v) is 6.77. The van der Waals surface area contributed by atoms with Gasteiger partial charge in [0.05, 0.1) is 29.9 Å². The van der Waals surface area contributed by atoms with E-state index in [1.54, 1.807) is 18.2 Å².